The Morgan fingerprint density at radius 2 is 1.09 bits per heavy atom. The van der Waals surface area contributed by atoms with Crippen molar-refractivity contribution in [3.8, 4) is 0 Å². The normalized spacial score (nSPS) is 27.2. The molecule has 4 aromatic carbocycles. The standard InChI is InChI=1S/C28H32N2O3.C27H30N2O3.2H2/c1-17(2)19-14-13-18(3)15-25(19)33-27(32)28(26(31)21-10-5-7-11-23(21)29-28)22-16-30(4)24-12-8-6-9-20(22)24;1-16(2)18-13-12-17(3)14-24(18)32-26(31)27(21-15-28-22-10-6-4-8-19(21)22)25(30)20-9-5-7-11-23(20)29-27;;/h5-12,16-19,25,29H,13-15H2,1-4H3;4-11,15-18,24,28-29H,12-14H2,1-3H3;2*1H/t18-,19+,25-,28-;17-,18+,24-,27+;;/m11../s1. The van der Waals surface area contributed by atoms with Gasteiger partial charge in [-0.25, -0.2) is 9.59 Å². The molecule has 342 valence electrons. The van der Waals surface area contributed by atoms with Crippen molar-refractivity contribution < 1.29 is 31.5 Å². The fourth-order valence-corrected chi connectivity index (χ4v) is 11.4. The van der Waals surface area contributed by atoms with E-state index in [0.717, 1.165) is 60.3 Å². The number of rotatable bonds is 8. The number of carbonyl (C=O) groups excluding carboxylic acids is 4. The molecule has 65 heavy (non-hydrogen) atoms. The van der Waals surface area contributed by atoms with Crippen molar-refractivity contribution in [1.82, 2.24) is 9.55 Å². The Balaban J connectivity index is 0.000000193. The molecule has 2 aliphatic carbocycles. The lowest BCUT2D eigenvalue weighted by Gasteiger charge is -2.38. The molecule has 8 atom stereocenters. The van der Waals surface area contributed by atoms with E-state index in [1.807, 2.05) is 103 Å². The quantitative estimate of drug-likeness (QED) is 0.102. The second-order valence-corrected chi connectivity index (χ2v) is 20.0. The van der Waals surface area contributed by atoms with Crippen LogP contribution in [0.1, 0.15) is 115 Å². The Labute approximate surface area is 384 Å². The van der Waals surface area contributed by atoms with Crippen LogP contribution < -0.4 is 10.6 Å². The van der Waals surface area contributed by atoms with E-state index in [0.29, 0.717) is 69.1 Å². The first-order valence-corrected chi connectivity index (χ1v) is 23.6. The van der Waals surface area contributed by atoms with Crippen molar-refractivity contribution in [2.45, 2.75) is 103 Å². The zero-order valence-corrected chi connectivity index (χ0v) is 38.7. The largest absolute Gasteiger partial charge is 0.460 e. The van der Waals surface area contributed by atoms with Crippen LogP contribution in [0.5, 0.6) is 0 Å². The van der Waals surface area contributed by atoms with Crippen molar-refractivity contribution >= 4 is 56.7 Å². The van der Waals surface area contributed by atoms with Gasteiger partial charge in [-0.05, 0) is 97.6 Å². The highest BCUT2D eigenvalue weighted by atomic mass is 16.6. The van der Waals surface area contributed by atoms with E-state index >= 15 is 0 Å². The van der Waals surface area contributed by atoms with E-state index in [-0.39, 0.29) is 26.6 Å². The molecule has 0 spiro atoms. The van der Waals surface area contributed by atoms with Gasteiger partial charge >= 0.3 is 11.9 Å². The molecular weight excluding hydrogens is 813 g/mol. The minimum absolute atomic E-state index is 0. The van der Waals surface area contributed by atoms with Crippen LogP contribution in [0.25, 0.3) is 21.8 Å². The summed E-state index contributed by atoms with van der Waals surface area (Å²) in [6.45, 7) is 13.2. The van der Waals surface area contributed by atoms with Gasteiger partial charge in [-0.2, -0.15) is 0 Å². The molecule has 0 bridgehead atoms. The number of ether oxygens (including phenoxy) is 2. The number of hydrogen-bond donors (Lipinski definition) is 3. The predicted octanol–water partition coefficient (Wildman–Crippen LogP) is 11.9. The van der Waals surface area contributed by atoms with Gasteiger partial charge in [0.2, 0.25) is 22.6 Å². The first kappa shape index (κ1) is 44.1. The maximum Gasteiger partial charge on any atom is 0.345 e. The Bertz CT molecular complexity index is 2800. The number of Topliss-reactive ketones (excluding diaryl/α,β-unsaturated/α-hetero) is 2. The minimum Gasteiger partial charge on any atom is -0.460 e. The molecule has 6 aromatic rings. The molecule has 2 aromatic heterocycles. The maximum absolute atomic E-state index is 14.1. The lowest BCUT2D eigenvalue weighted by atomic mass is 9.75. The zero-order valence-electron chi connectivity index (χ0n) is 38.7. The summed E-state index contributed by atoms with van der Waals surface area (Å²) in [5.74, 6) is 0.909. The first-order valence-electron chi connectivity index (χ1n) is 23.6. The molecule has 10 nitrogen and oxygen atoms in total. The summed E-state index contributed by atoms with van der Waals surface area (Å²) in [6, 6.07) is 30.3. The summed E-state index contributed by atoms with van der Waals surface area (Å²) in [5, 5.41) is 8.34. The monoisotopic (exact) mass is 878 g/mol. The van der Waals surface area contributed by atoms with Crippen molar-refractivity contribution in [1.29, 1.82) is 0 Å². The zero-order chi connectivity index (χ0) is 45.8. The fraction of sp³-hybridized carbons (Fsp3) is 0.418. The van der Waals surface area contributed by atoms with Crippen LogP contribution in [0.3, 0.4) is 0 Å². The van der Waals surface area contributed by atoms with Gasteiger partial charge in [0.1, 0.15) is 12.2 Å². The summed E-state index contributed by atoms with van der Waals surface area (Å²) in [4.78, 5) is 59.2. The number of para-hydroxylation sites is 4. The van der Waals surface area contributed by atoms with Crippen molar-refractivity contribution in [2.75, 3.05) is 10.6 Å². The number of hydrogen-bond acceptors (Lipinski definition) is 8. The number of H-pyrrole nitrogens is 1. The molecule has 2 aliphatic heterocycles. The third-order valence-electron chi connectivity index (χ3n) is 15.0. The minimum atomic E-state index is -1.59. The second-order valence-electron chi connectivity index (χ2n) is 20.0. The SMILES string of the molecule is CC(C)[C@@H]1CC[C@@H](C)C[C@H]1OC(=O)[C@@]1(c2c[nH]c3ccccc23)Nc2ccccc2C1=O.CC(C)[C@@H]1CC[C@@H](C)C[C@H]1OC(=O)[C@]1(c2cn(C)c3ccccc23)Nc2ccccc2C1=O.[HH].[HH]. The maximum atomic E-state index is 14.1. The Morgan fingerprint density at radius 3 is 1.62 bits per heavy atom. The second kappa shape index (κ2) is 17.3. The van der Waals surface area contributed by atoms with Gasteiger partial charge in [-0.1, -0.05) is 115 Å². The number of aromatic amines is 1. The Hall–Kier alpha value is -6.16. The number of anilines is 2. The van der Waals surface area contributed by atoms with Gasteiger partial charge in [0, 0.05) is 77.7 Å². The molecule has 4 heterocycles. The van der Waals surface area contributed by atoms with E-state index in [1.54, 1.807) is 18.3 Å². The molecule has 0 amide bonds. The van der Waals surface area contributed by atoms with Gasteiger partial charge in [0.25, 0.3) is 0 Å². The highest BCUT2D eigenvalue weighted by Gasteiger charge is 2.58. The number of aromatic nitrogens is 2. The Kier molecular flexibility index (Phi) is 11.7. The average molecular weight is 879 g/mol. The average Bonchev–Trinajstić information content (AvgIpc) is 4.04. The number of nitrogens with one attached hydrogen (secondary N) is 3. The lowest BCUT2D eigenvalue weighted by molar-refractivity contribution is -0.160. The topological polar surface area (TPSA) is 132 Å². The van der Waals surface area contributed by atoms with Crippen LogP contribution in [0.2, 0.25) is 0 Å². The van der Waals surface area contributed by atoms with Gasteiger partial charge in [0.15, 0.2) is 0 Å². The number of esters is 2. The summed E-state index contributed by atoms with van der Waals surface area (Å²) in [6.07, 6.45) is 9.33. The predicted molar refractivity (Wildman–Crippen MR) is 260 cm³/mol. The number of carbonyl (C=O) groups is 4. The van der Waals surface area contributed by atoms with E-state index in [1.165, 1.54) is 0 Å². The van der Waals surface area contributed by atoms with Crippen LogP contribution in [-0.2, 0) is 37.2 Å². The summed E-state index contributed by atoms with van der Waals surface area (Å²) in [5.41, 5.74) is 2.32. The van der Waals surface area contributed by atoms with Crippen LogP contribution >= 0.6 is 0 Å². The number of aryl methyl sites for hydroxylation is 1. The van der Waals surface area contributed by atoms with Crippen LogP contribution in [0.15, 0.2) is 109 Å². The van der Waals surface area contributed by atoms with Gasteiger partial charge < -0.3 is 29.7 Å². The van der Waals surface area contributed by atoms with E-state index in [9.17, 15) is 19.2 Å². The molecule has 0 radical (unpaired) electrons. The third-order valence-corrected chi connectivity index (χ3v) is 15.0. The molecular formula is C55H66N4O6. The first-order chi connectivity index (χ1) is 31.2. The molecule has 10 rings (SSSR count). The van der Waals surface area contributed by atoms with E-state index < -0.39 is 23.0 Å². The summed E-state index contributed by atoms with van der Waals surface area (Å²) in [7, 11) is 1.94. The molecule has 0 saturated heterocycles. The van der Waals surface area contributed by atoms with Crippen molar-refractivity contribution in [3.05, 3.63) is 132 Å². The number of ketones is 2. The lowest BCUT2D eigenvalue weighted by Crippen LogP contribution is -2.50. The molecule has 2 saturated carbocycles. The number of nitrogens with zero attached hydrogens (tertiary/aromatic N) is 1. The molecule has 10 heteroatoms. The number of fused-ring (bicyclic) bond motifs is 4. The van der Waals surface area contributed by atoms with Crippen molar-refractivity contribution in [3.63, 3.8) is 0 Å². The fourth-order valence-electron chi connectivity index (χ4n) is 11.4. The van der Waals surface area contributed by atoms with Gasteiger partial charge in [-0.15, -0.1) is 0 Å². The van der Waals surface area contributed by atoms with E-state index in [2.05, 4.69) is 57.2 Å². The van der Waals surface area contributed by atoms with Crippen LogP contribution in [-0.4, -0.2) is 45.3 Å². The summed E-state index contributed by atoms with van der Waals surface area (Å²) < 4.78 is 14.5. The third kappa shape index (κ3) is 7.52. The van der Waals surface area contributed by atoms with Gasteiger partial charge in [0.05, 0.1) is 0 Å². The van der Waals surface area contributed by atoms with Crippen LogP contribution in [0.4, 0.5) is 11.4 Å². The smallest absolute Gasteiger partial charge is 0.345 e. The molecule has 2 fully saturated rings. The summed E-state index contributed by atoms with van der Waals surface area (Å²) >= 11 is 0. The highest BCUT2D eigenvalue weighted by molar-refractivity contribution is 6.27. The van der Waals surface area contributed by atoms with Gasteiger partial charge in [-0.3, -0.25) is 9.59 Å². The Morgan fingerprint density at radius 1 is 0.631 bits per heavy atom. The molecule has 3 N–H and O–H groups in total. The number of benzene rings is 4. The van der Waals surface area contributed by atoms with E-state index in [4.69, 9.17) is 9.47 Å². The van der Waals surface area contributed by atoms with Crippen molar-refractivity contribution in [2.24, 2.45) is 42.6 Å². The molecule has 0 unspecified atom stereocenters. The van der Waals surface area contributed by atoms with Crippen LogP contribution in [0, 0.1) is 35.5 Å². The highest BCUT2D eigenvalue weighted by Crippen LogP contribution is 2.47. The molecule has 4 aliphatic rings.